The summed E-state index contributed by atoms with van der Waals surface area (Å²) in [4.78, 5) is 8.74. The number of nitrogens with one attached hydrogen (secondary N) is 1. The van der Waals surface area contributed by atoms with Crippen molar-refractivity contribution >= 4 is 16.5 Å². The molecule has 19 heavy (non-hydrogen) atoms. The number of aromatic nitrogens is 1. The maximum absolute atomic E-state index is 4.91. The summed E-state index contributed by atoms with van der Waals surface area (Å²) in [5.74, 6) is 0.756. The summed E-state index contributed by atoms with van der Waals surface area (Å²) >= 11 is 1.90. The first-order valence-corrected chi connectivity index (χ1v) is 8.37. The van der Waals surface area contributed by atoms with E-state index in [-0.39, 0.29) is 0 Å². The second kappa shape index (κ2) is 6.71. The van der Waals surface area contributed by atoms with E-state index in [9.17, 15) is 0 Å². The Morgan fingerprint density at radius 3 is 2.95 bits per heavy atom. The fourth-order valence-corrected chi connectivity index (χ4v) is 3.71. The van der Waals surface area contributed by atoms with Gasteiger partial charge in [0.2, 0.25) is 0 Å². The highest BCUT2D eigenvalue weighted by atomic mass is 32.1. The van der Waals surface area contributed by atoms with E-state index < -0.39 is 0 Å². The highest BCUT2D eigenvalue weighted by Gasteiger charge is 2.24. The van der Waals surface area contributed by atoms with Crippen LogP contribution in [0.1, 0.15) is 56.6 Å². The summed E-state index contributed by atoms with van der Waals surface area (Å²) in [5.41, 5.74) is 1.32. The first-order valence-electron chi connectivity index (χ1n) is 7.56. The minimum atomic E-state index is 0.484. The van der Waals surface area contributed by atoms with Crippen molar-refractivity contribution in [1.29, 1.82) is 0 Å². The Morgan fingerprint density at radius 2 is 2.26 bits per heavy atom. The molecule has 4 heteroatoms. The molecule has 3 nitrogen and oxygen atoms in total. The van der Waals surface area contributed by atoms with Crippen molar-refractivity contribution in [3.05, 3.63) is 10.6 Å². The molecule has 1 unspecified atom stereocenters. The third-order valence-corrected chi connectivity index (χ3v) is 5.01. The number of fused-ring (bicyclic) bond motifs is 1. The maximum atomic E-state index is 4.91. The zero-order chi connectivity index (χ0) is 13.8. The molecule has 0 fully saturated rings. The third-order valence-electron chi connectivity index (χ3n) is 3.76. The lowest BCUT2D eigenvalue weighted by molar-refractivity contribution is 0.465. The largest absolute Gasteiger partial charge is 0.351 e. The first kappa shape index (κ1) is 14.8. The van der Waals surface area contributed by atoms with E-state index in [2.05, 4.69) is 38.0 Å². The standard InChI is InChI=1S/C15H27N3S/c1-5-16-12-7-6-8-13-14(12)17-15(19-13)18(4)10-9-11(2)3/h11-12,16H,5-10H2,1-4H3. The normalized spacial score (nSPS) is 18.7. The van der Waals surface area contributed by atoms with E-state index >= 15 is 0 Å². The molecule has 0 saturated heterocycles. The maximum Gasteiger partial charge on any atom is 0.185 e. The highest BCUT2D eigenvalue weighted by molar-refractivity contribution is 7.15. The zero-order valence-electron chi connectivity index (χ0n) is 12.7. The van der Waals surface area contributed by atoms with Gasteiger partial charge in [0, 0.05) is 18.5 Å². The van der Waals surface area contributed by atoms with Gasteiger partial charge in [0.25, 0.3) is 0 Å². The van der Waals surface area contributed by atoms with Gasteiger partial charge in [-0.25, -0.2) is 4.98 Å². The summed E-state index contributed by atoms with van der Waals surface area (Å²) in [6.45, 7) is 8.87. The molecule has 1 aliphatic carbocycles. The van der Waals surface area contributed by atoms with Crippen molar-refractivity contribution in [2.75, 3.05) is 25.0 Å². The van der Waals surface area contributed by atoms with E-state index in [1.54, 1.807) is 0 Å². The fraction of sp³-hybridized carbons (Fsp3) is 0.800. The molecule has 0 amide bonds. The van der Waals surface area contributed by atoms with E-state index in [0.29, 0.717) is 6.04 Å². The summed E-state index contributed by atoms with van der Waals surface area (Å²) < 4.78 is 0. The molecule has 1 atom stereocenters. The molecule has 2 rings (SSSR count). The van der Waals surface area contributed by atoms with Gasteiger partial charge in [0.05, 0.1) is 11.7 Å². The second-order valence-corrected chi connectivity index (χ2v) is 6.97. The Labute approximate surface area is 121 Å². The number of hydrogen-bond acceptors (Lipinski definition) is 4. The van der Waals surface area contributed by atoms with Gasteiger partial charge < -0.3 is 10.2 Å². The predicted octanol–water partition coefficient (Wildman–Crippen LogP) is 3.61. The molecule has 1 aromatic heterocycles. The molecule has 1 aromatic rings. The zero-order valence-corrected chi connectivity index (χ0v) is 13.5. The van der Waals surface area contributed by atoms with Crippen LogP contribution in [0.3, 0.4) is 0 Å². The summed E-state index contributed by atoms with van der Waals surface area (Å²) in [5, 5.41) is 4.77. The lowest BCUT2D eigenvalue weighted by atomic mass is 9.98. The SMILES string of the molecule is CCNC1CCCc2sc(N(C)CCC(C)C)nc21. The Bertz CT molecular complexity index is 400. The van der Waals surface area contributed by atoms with Crippen LogP contribution < -0.4 is 10.2 Å². The summed E-state index contributed by atoms with van der Waals surface area (Å²) in [7, 11) is 2.18. The van der Waals surface area contributed by atoms with Crippen molar-refractivity contribution < 1.29 is 0 Å². The van der Waals surface area contributed by atoms with Gasteiger partial charge in [0.15, 0.2) is 5.13 Å². The van der Waals surface area contributed by atoms with Gasteiger partial charge in [-0.3, -0.25) is 0 Å². The van der Waals surface area contributed by atoms with Crippen molar-refractivity contribution in [1.82, 2.24) is 10.3 Å². The van der Waals surface area contributed by atoms with Gasteiger partial charge >= 0.3 is 0 Å². The van der Waals surface area contributed by atoms with Crippen LogP contribution in [0.15, 0.2) is 0 Å². The topological polar surface area (TPSA) is 28.2 Å². The minimum absolute atomic E-state index is 0.484. The van der Waals surface area contributed by atoms with Gasteiger partial charge in [-0.2, -0.15) is 0 Å². The van der Waals surface area contributed by atoms with Crippen LogP contribution in [-0.2, 0) is 6.42 Å². The Kier molecular flexibility index (Phi) is 5.22. The van der Waals surface area contributed by atoms with Crippen molar-refractivity contribution in [3.63, 3.8) is 0 Å². The Balaban J connectivity index is 2.07. The van der Waals surface area contributed by atoms with Gasteiger partial charge in [-0.1, -0.05) is 20.8 Å². The van der Waals surface area contributed by atoms with Gasteiger partial charge in [-0.05, 0) is 38.1 Å². The van der Waals surface area contributed by atoms with E-state index in [0.717, 1.165) is 19.0 Å². The smallest absolute Gasteiger partial charge is 0.185 e. The number of rotatable bonds is 6. The van der Waals surface area contributed by atoms with Crippen LogP contribution in [0.4, 0.5) is 5.13 Å². The van der Waals surface area contributed by atoms with Gasteiger partial charge in [-0.15, -0.1) is 11.3 Å². The van der Waals surface area contributed by atoms with Crippen molar-refractivity contribution in [2.45, 2.75) is 52.5 Å². The van der Waals surface area contributed by atoms with Crippen LogP contribution in [0.2, 0.25) is 0 Å². The molecular weight excluding hydrogens is 254 g/mol. The lowest BCUT2D eigenvalue weighted by Gasteiger charge is -2.21. The molecule has 1 aliphatic rings. The van der Waals surface area contributed by atoms with Crippen LogP contribution in [0, 0.1) is 5.92 Å². The van der Waals surface area contributed by atoms with E-state index in [4.69, 9.17) is 4.98 Å². The van der Waals surface area contributed by atoms with E-state index in [1.165, 1.54) is 41.4 Å². The fourth-order valence-electron chi connectivity index (χ4n) is 2.56. The Morgan fingerprint density at radius 1 is 1.47 bits per heavy atom. The molecule has 0 bridgehead atoms. The quantitative estimate of drug-likeness (QED) is 0.863. The van der Waals surface area contributed by atoms with Crippen LogP contribution in [-0.4, -0.2) is 25.1 Å². The average Bonchev–Trinajstić information content (AvgIpc) is 2.81. The predicted molar refractivity (Wildman–Crippen MR) is 84.2 cm³/mol. The molecule has 1 N–H and O–H groups in total. The third kappa shape index (κ3) is 3.69. The molecule has 1 heterocycles. The molecule has 0 aliphatic heterocycles. The molecule has 108 valence electrons. The minimum Gasteiger partial charge on any atom is -0.351 e. The first-order chi connectivity index (χ1) is 9.11. The number of anilines is 1. The van der Waals surface area contributed by atoms with Gasteiger partial charge in [0.1, 0.15) is 0 Å². The number of aryl methyl sites for hydroxylation is 1. The highest BCUT2D eigenvalue weighted by Crippen LogP contribution is 2.36. The van der Waals surface area contributed by atoms with Crippen molar-refractivity contribution in [2.24, 2.45) is 5.92 Å². The lowest BCUT2D eigenvalue weighted by Crippen LogP contribution is -2.25. The van der Waals surface area contributed by atoms with Crippen LogP contribution in [0.5, 0.6) is 0 Å². The number of thiazole rings is 1. The molecule has 0 radical (unpaired) electrons. The number of hydrogen-bond donors (Lipinski definition) is 1. The Hall–Kier alpha value is -0.610. The molecular formula is C15H27N3S. The van der Waals surface area contributed by atoms with Crippen LogP contribution in [0.25, 0.3) is 0 Å². The summed E-state index contributed by atoms with van der Waals surface area (Å²) in [6, 6.07) is 0.484. The van der Waals surface area contributed by atoms with E-state index in [1.807, 2.05) is 11.3 Å². The summed E-state index contributed by atoms with van der Waals surface area (Å²) in [6.07, 6.45) is 4.98. The molecule has 0 saturated carbocycles. The molecule has 0 aromatic carbocycles. The monoisotopic (exact) mass is 281 g/mol. The molecule has 0 spiro atoms. The average molecular weight is 281 g/mol. The number of nitrogens with zero attached hydrogens (tertiary/aromatic N) is 2. The van der Waals surface area contributed by atoms with Crippen LogP contribution >= 0.6 is 11.3 Å². The second-order valence-electron chi connectivity index (χ2n) is 5.91. The van der Waals surface area contributed by atoms with Crippen molar-refractivity contribution in [3.8, 4) is 0 Å².